The number of carbonyl (C=O) groups excluding carboxylic acids is 1. The predicted octanol–water partition coefficient (Wildman–Crippen LogP) is 3.06. The fourth-order valence-electron chi connectivity index (χ4n) is 2.74. The minimum absolute atomic E-state index is 0.194. The first-order valence-corrected chi connectivity index (χ1v) is 9.78. The zero-order valence-electron chi connectivity index (χ0n) is 15.4. The van der Waals surface area contributed by atoms with E-state index in [0.29, 0.717) is 19.5 Å². The molecule has 0 fully saturated rings. The molecule has 3 aromatic rings. The molecule has 1 N–H and O–H groups in total. The van der Waals surface area contributed by atoms with Gasteiger partial charge in [0.2, 0.25) is 0 Å². The van der Waals surface area contributed by atoms with E-state index >= 15 is 0 Å². The number of nitrogens with zero attached hydrogens (tertiary/aromatic N) is 3. The third-order valence-corrected chi connectivity index (χ3v) is 5.08. The van der Waals surface area contributed by atoms with Gasteiger partial charge in [-0.2, -0.15) is 5.10 Å². The maximum absolute atomic E-state index is 12.3. The Labute approximate surface area is 161 Å². The first-order chi connectivity index (χ1) is 13.1. The molecule has 1 aromatic carbocycles. The van der Waals surface area contributed by atoms with E-state index in [0.717, 1.165) is 27.6 Å². The van der Waals surface area contributed by atoms with Crippen LogP contribution in [0.3, 0.4) is 0 Å². The first-order valence-electron chi connectivity index (χ1n) is 8.96. The summed E-state index contributed by atoms with van der Waals surface area (Å²) in [5.41, 5.74) is 2.16. The van der Waals surface area contributed by atoms with E-state index in [4.69, 9.17) is 4.98 Å². The molecule has 0 aliphatic heterocycles. The maximum atomic E-state index is 12.3. The van der Waals surface area contributed by atoms with Crippen LogP contribution in [0.15, 0.2) is 47.3 Å². The van der Waals surface area contributed by atoms with Crippen LogP contribution in [0.5, 0.6) is 0 Å². The van der Waals surface area contributed by atoms with Gasteiger partial charge in [0, 0.05) is 36.0 Å². The van der Waals surface area contributed by atoms with Crippen molar-refractivity contribution in [2.24, 2.45) is 0 Å². The Morgan fingerprint density at radius 1 is 1.19 bits per heavy atom. The summed E-state index contributed by atoms with van der Waals surface area (Å²) in [6.45, 7) is 4.98. The van der Waals surface area contributed by atoms with Gasteiger partial charge in [0.25, 0.3) is 11.5 Å². The molecule has 0 aliphatic rings. The van der Waals surface area contributed by atoms with Gasteiger partial charge in [0.1, 0.15) is 5.69 Å². The summed E-state index contributed by atoms with van der Waals surface area (Å²) in [4.78, 5) is 29.9. The van der Waals surface area contributed by atoms with Crippen molar-refractivity contribution in [3.63, 3.8) is 0 Å². The number of benzene rings is 1. The van der Waals surface area contributed by atoms with Crippen LogP contribution in [0.2, 0.25) is 0 Å². The van der Waals surface area contributed by atoms with Crippen molar-refractivity contribution in [2.75, 3.05) is 6.54 Å². The van der Waals surface area contributed by atoms with E-state index in [9.17, 15) is 9.59 Å². The van der Waals surface area contributed by atoms with Gasteiger partial charge in [-0.15, -0.1) is 11.3 Å². The molecule has 0 saturated carbocycles. The molecule has 0 spiro atoms. The fraction of sp³-hybridized carbons (Fsp3) is 0.300. The van der Waals surface area contributed by atoms with E-state index in [1.807, 2.05) is 37.3 Å². The average Bonchev–Trinajstić information content (AvgIpc) is 3.05. The largest absolute Gasteiger partial charge is 0.350 e. The lowest BCUT2D eigenvalue weighted by Crippen LogP contribution is -2.30. The van der Waals surface area contributed by atoms with Crippen LogP contribution in [-0.2, 0) is 13.0 Å². The minimum atomic E-state index is -0.281. The van der Waals surface area contributed by atoms with E-state index < -0.39 is 0 Å². The standard InChI is InChI=1S/C20H22N4O2S/c1-3-13-24-18(25)10-9-16(23-24)20(26)21-12-11-17-22-19(14(2)27-17)15-7-5-4-6-8-15/h4-10H,3,11-13H2,1-2H3,(H,21,26). The lowest BCUT2D eigenvalue weighted by molar-refractivity contribution is 0.0946. The average molecular weight is 382 g/mol. The lowest BCUT2D eigenvalue weighted by atomic mass is 10.1. The van der Waals surface area contributed by atoms with E-state index in [-0.39, 0.29) is 17.2 Å². The number of hydrogen-bond donors (Lipinski definition) is 1. The zero-order chi connectivity index (χ0) is 19.2. The monoisotopic (exact) mass is 382 g/mol. The Kier molecular flexibility index (Phi) is 6.13. The van der Waals surface area contributed by atoms with E-state index in [1.165, 1.54) is 16.8 Å². The van der Waals surface area contributed by atoms with Crippen molar-refractivity contribution >= 4 is 17.2 Å². The Morgan fingerprint density at radius 2 is 1.96 bits per heavy atom. The lowest BCUT2D eigenvalue weighted by Gasteiger charge is -2.06. The highest BCUT2D eigenvalue weighted by Gasteiger charge is 2.12. The summed E-state index contributed by atoms with van der Waals surface area (Å²) in [7, 11) is 0. The fourth-order valence-corrected chi connectivity index (χ4v) is 3.69. The van der Waals surface area contributed by atoms with Crippen molar-refractivity contribution in [2.45, 2.75) is 33.2 Å². The van der Waals surface area contributed by atoms with Gasteiger partial charge in [-0.1, -0.05) is 37.3 Å². The maximum Gasteiger partial charge on any atom is 0.271 e. The van der Waals surface area contributed by atoms with Crippen LogP contribution in [0, 0.1) is 6.92 Å². The number of aromatic nitrogens is 3. The van der Waals surface area contributed by atoms with Gasteiger partial charge in [0.15, 0.2) is 0 Å². The quantitative estimate of drug-likeness (QED) is 0.681. The third kappa shape index (κ3) is 4.68. The summed E-state index contributed by atoms with van der Waals surface area (Å²) in [5, 5.41) is 7.96. The number of amides is 1. The molecule has 0 radical (unpaired) electrons. The van der Waals surface area contributed by atoms with Gasteiger partial charge in [-0.25, -0.2) is 9.67 Å². The van der Waals surface area contributed by atoms with Crippen molar-refractivity contribution in [3.8, 4) is 11.3 Å². The molecule has 0 atom stereocenters. The third-order valence-electron chi connectivity index (χ3n) is 4.05. The van der Waals surface area contributed by atoms with Crippen molar-refractivity contribution in [1.82, 2.24) is 20.1 Å². The summed E-state index contributed by atoms with van der Waals surface area (Å²) in [6.07, 6.45) is 1.43. The van der Waals surface area contributed by atoms with Gasteiger partial charge >= 0.3 is 0 Å². The second-order valence-corrected chi connectivity index (χ2v) is 7.45. The number of aryl methyl sites for hydroxylation is 2. The molecule has 27 heavy (non-hydrogen) atoms. The van der Waals surface area contributed by atoms with Crippen LogP contribution in [0.4, 0.5) is 0 Å². The molecule has 3 rings (SSSR count). The Hall–Kier alpha value is -2.80. The highest BCUT2D eigenvalue weighted by Crippen LogP contribution is 2.27. The molecule has 2 aromatic heterocycles. The van der Waals surface area contributed by atoms with Crippen molar-refractivity contribution in [1.29, 1.82) is 0 Å². The van der Waals surface area contributed by atoms with E-state index in [1.54, 1.807) is 11.3 Å². The Balaban J connectivity index is 1.61. The predicted molar refractivity (Wildman–Crippen MR) is 107 cm³/mol. The zero-order valence-corrected chi connectivity index (χ0v) is 16.3. The molecule has 6 nitrogen and oxygen atoms in total. The highest BCUT2D eigenvalue weighted by atomic mass is 32.1. The van der Waals surface area contributed by atoms with Crippen molar-refractivity contribution in [3.05, 3.63) is 68.4 Å². The summed E-state index contributed by atoms with van der Waals surface area (Å²) >= 11 is 1.64. The molecule has 0 bridgehead atoms. The number of rotatable bonds is 7. The van der Waals surface area contributed by atoms with Crippen LogP contribution >= 0.6 is 11.3 Å². The second-order valence-electron chi connectivity index (χ2n) is 6.16. The molecule has 0 aliphatic carbocycles. The topological polar surface area (TPSA) is 76.9 Å². The number of carbonyl (C=O) groups is 1. The Bertz CT molecular complexity index is 979. The molecule has 2 heterocycles. The van der Waals surface area contributed by atoms with E-state index in [2.05, 4.69) is 17.3 Å². The molecule has 7 heteroatoms. The second kappa shape index (κ2) is 8.73. The van der Waals surface area contributed by atoms with Crippen molar-refractivity contribution < 1.29 is 4.79 Å². The number of nitrogens with one attached hydrogen (secondary N) is 1. The number of thiazole rings is 1. The summed E-state index contributed by atoms with van der Waals surface area (Å²) in [5.74, 6) is -0.281. The normalized spacial score (nSPS) is 10.7. The first kappa shape index (κ1) is 19.0. The van der Waals surface area contributed by atoms with Gasteiger partial charge in [0.05, 0.1) is 10.7 Å². The molecule has 140 valence electrons. The highest BCUT2D eigenvalue weighted by molar-refractivity contribution is 7.12. The van der Waals surface area contributed by atoms with Crippen LogP contribution in [-0.4, -0.2) is 27.2 Å². The SMILES string of the molecule is CCCn1nc(C(=O)NCCc2nc(-c3ccccc3)c(C)s2)ccc1=O. The van der Waals surface area contributed by atoms with Gasteiger partial charge in [-0.3, -0.25) is 9.59 Å². The molecular weight excluding hydrogens is 360 g/mol. The van der Waals surface area contributed by atoms with Gasteiger partial charge in [-0.05, 0) is 19.4 Å². The van der Waals surface area contributed by atoms with Gasteiger partial charge < -0.3 is 5.32 Å². The Morgan fingerprint density at radius 3 is 2.70 bits per heavy atom. The molecule has 0 unspecified atom stereocenters. The number of hydrogen-bond acceptors (Lipinski definition) is 5. The smallest absolute Gasteiger partial charge is 0.271 e. The minimum Gasteiger partial charge on any atom is -0.350 e. The molecule has 1 amide bonds. The molecular formula is C20H22N4O2S. The van der Waals surface area contributed by atoms with Crippen LogP contribution in [0.25, 0.3) is 11.3 Å². The molecule has 0 saturated heterocycles. The van der Waals surface area contributed by atoms with Crippen LogP contribution < -0.4 is 10.9 Å². The summed E-state index contributed by atoms with van der Waals surface area (Å²) < 4.78 is 1.32. The van der Waals surface area contributed by atoms with Crippen LogP contribution in [0.1, 0.15) is 33.7 Å². The summed E-state index contributed by atoms with van der Waals surface area (Å²) in [6, 6.07) is 12.9.